The third-order valence-electron chi connectivity index (χ3n) is 3.15. The lowest BCUT2D eigenvalue weighted by Crippen LogP contribution is -2.14. The summed E-state index contributed by atoms with van der Waals surface area (Å²) in [6, 6.07) is 16.1. The highest BCUT2D eigenvalue weighted by Crippen LogP contribution is 2.26. The summed E-state index contributed by atoms with van der Waals surface area (Å²) in [6.45, 7) is 4.59. The Balaban J connectivity index is 2.09. The second-order valence-electron chi connectivity index (χ2n) is 4.97. The van der Waals surface area contributed by atoms with Gasteiger partial charge in [-0.15, -0.1) is 0 Å². The van der Waals surface area contributed by atoms with Gasteiger partial charge in [-0.2, -0.15) is 0 Å². The van der Waals surface area contributed by atoms with E-state index in [4.69, 9.17) is 9.47 Å². The number of rotatable bonds is 8. The minimum absolute atomic E-state index is 0.594. The van der Waals surface area contributed by atoms with Gasteiger partial charge in [0.2, 0.25) is 0 Å². The van der Waals surface area contributed by atoms with Crippen molar-refractivity contribution >= 4 is 0 Å². The maximum Gasteiger partial charge on any atom is 0.131 e. The third-order valence-corrected chi connectivity index (χ3v) is 3.15. The van der Waals surface area contributed by atoms with Crippen LogP contribution in [0.1, 0.15) is 24.5 Å². The Morgan fingerprint density at radius 2 is 1.90 bits per heavy atom. The van der Waals surface area contributed by atoms with E-state index in [1.807, 2.05) is 42.5 Å². The summed E-state index contributed by atoms with van der Waals surface area (Å²) >= 11 is 0. The summed E-state index contributed by atoms with van der Waals surface area (Å²) < 4.78 is 11.2. The fourth-order valence-electron chi connectivity index (χ4n) is 2.14. The van der Waals surface area contributed by atoms with Crippen molar-refractivity contribution in [3.05, 3.63) is 59.7 Å². The van der Waals surface area contributed by atoms with Gasteiger partial charge >= 0.3 is 0 Å². The molecule has 3 nitrogen and oxygen atoms in total. The fourth-order valence-corrected chi connectivity index (χ4v) is 2.14. The minimum atomic E-state index is 0.594. The molecule has 21 heavy (non-hydrogen) atoms. The lowest BCUT2D eigenvalue weighted by Gasteiger charge is -2.12. The zero-order chi connectivity index (χ0) is 14.9. The molecule has 0 radical (unpaired) electrons. The summed E-state index contributed by atoms with van der Waals surface area (Å²) in [5.74, 6) is 1.74. The van der Waals surface area contributed by atoms with Crippen LogP contribution in [0, 0.1) is 0 Å². The fraction of sp³-hybridized carbons (Fsp3) is 0.333. The Bertz CT molecular complexity index is 554. The number of nitrogens with one attached hydrogen (secondary N) is 1. The Kier molecular flexibility index (Phi) is 6.25. The minimum Gasteiger partial charge on any atom is -0.457 e. The molecule has 0 heterocycles. The Morgan fingerprint density at radius 1 is 1.05 bits per heavy atom. The first-order chi connectivity index (χ1) is 10.3. The largest absolute Gasteiger partial charge is 0.457 e. The molecule has 0 spiro atoms. The van der Waals surface area contributed by atoms with Crippen molar-refractivity contribution < 1.29 is 9.47 Å². The second-order valence-corrected chi connectivity index (χ2v) is 4.97. The van der Waals surface area contributed by atoms with Gasteiger partial charge in [0.05, 0.1) is 6.61 Å². The van der Waals surface area contributed by atoms with Gasteiger partial charge in [-0.05, 0) is 36.7 Å². The number of para-hydroxylation sites is 1. The van der Waals surface area contributed by atoms with Crippen LogP contribution in [-0.4, -0.2) is 13.7 Å². The molecule has 2 rings (SSSR count). The van der Waals surface area contributed by atoms with Crippen molar-refractivity contribution in [1.82, 2.24) is 5.32 Å². The molecular weight excluding hydrogens is 262 g/mol. The van der Waals surface area contributed by atoms with E-state index in [9.17, 15) is 0 Å². The molecule has 0 aliphatic rings. The molecule has 112 valence electrons. The van der Waals surface area contributed by atoms with E-state index in [1.54, 1.807) is 7.11 Å². The van der Waals surface area contributed by atoms with Gasteiger partial charge in [-0.3, -0.25) is 0 Å². The lowest BCUT2D eigenvalue weighted by atomic mass is 10.2. The van der Waals surface area contributed by atoms with E-state index in [2.05, 4.69) is 18.3 Å². The average molecular weight is 285 g/mol. The monoisotopic (exact) mass is 285 g/mol. The van der Waals surface area contributed by atoms with E-state index in [1.165, 1.54) is 5.56 Å². The van der Waals surface area contributed by atoms with Crippen LogP contribution < -0.4 is 10.1 Å². The van der Waals surface area contributed by atoms with E-state index in [-0.39, 0.29) is 0 Å². The van der Waals surface area contributed by atoms with Crippen LogP contribution in [0.4, 0.5) is 0 Å². The molecule has 3 heteroatoms. The number of methoxy groups -OCH3 is 1. The van der Waals surface area contributed by atoms with Crippen LogP contribution in [0.25, 0.3) is 0 Å². The van der Waals surface area contributed by atoms with E-state index >= 15 is 0 Å². The Morgan fingerprint density at radius 3 is 2.71 bits per heavy atom. The van der Waals surface area contributed by atoms with Crippen LogP contribution in [0.2, 0.25) is 0 Å². The molecule has 2 aromatic carbocycles. The number of ether oxygens (including phenoxy) is 2. The van der Waals surface area contributed by atoms with Gasteiger partial charge in [0.1, 0.15) is 11.5 Å². The number of hydrogen-bond donors (Lipinski definition) is 1. The first kappa shape index (κ1) is 15.5. The molecule has 0 aromatic heterocycles. The van der Waals surface area contributed by atoms with Crippen molar-refractivity contribution in [2.75, 3.05) is 13.7 Å². The third kappa shape index (κ3) is 4.88. The van der Waals surface area contributed by atoms with Crippen LogP contribution in [-0.2, 0) is 17.9 Å². The highest BCUT2D eigenvalue weighted by atomic mass is 16.5. The van der Waals surface area contributed by atoms with E-state index in [0.29, 0.717) is 6.61 Å². The van der Waals surface area contributed by atoms with Gasteiger partial charge in [0.25, 0.3) is 0 Å². The van der Waals surface area contributed by atoms with Crippen LogP contribution in [0.3, 0.4) is 0 Å². The molecule has 0 bridgehead atoms. The van der Waals surface area contributed by atoms with Gasteiger partial charge < -0.3 is 14.8 Å². The average Bonchev–Trinajstić information content (AvgIpc) is 2.50. The molecule has 0 unspecified atom stereocenters. The number of benzene rings is 2. The molecule has 0 atom stereocenters. The molecular formula is C18H23NO2. The molecule has 0 fully saturated rings. The molecule has 0 saturated heterocycles. The first-order valence-corrected chi connectivity index (χ1v) is 7.38. The van der Waals surface area contributed by atoms with Gasteiger partial charge in [-0.25, -0.2) is 0 Å². The normalized spacial score (nSPS) is 10.6. The highest BCUT2D eigenvalue weighted by molar-refractivity contribution is 5.38. The summed E-state index contributed by atoms with van der Waals surface area (Å²) in [7, 11) is 1.70. The highest BCUT2D eigenvalue weighted by Gasteiger charge is 2.04. The van der Waals surface area contributed by atoms with Gasteiger partial charge in [0, 0.05) is 19.2 Å². The Labute approximate surface area is 126 Å². The topological polar surface area (TPSA) is 30.5 Å². The predicted molar refractivity (Wildman–Crippen MR) is 85.7 cm³/mol. The quantitative estimate of drug-likeness (QED) is 0.740. The number of hydrogen-bond acceptors (Lipinski definition) is 3. The van der Waals surface area contributed by atoms with Crippen LogP contribution >= 0.6 is 0 Å². The van der Waals surface area contributed by atoms with Crippen LogP contribution in [0.15, 0.2) is 48.5 Å². The zero-order valence-corrected chi connectivity index (χ0v) is 12.8. The Hall–Kier alpha value is -1.84. The van der Waals surface area contributed by atoms with E-state index < -0.39 is 0 Å². The molecule has 0 saturated carbocycles. The van der Waals surface area contributed by atoms with E-state index in [0.717, 1.165) is 36.6 Å². The van der Waals surface area contributed by atoms with Crippen molar-refractivity contribution in [3.63, 3.8) is 0 Å². The SMILES string of the molecule is CCCNCc1ccccc1Oc1cccc(COC)c1. The van der Waals surface area contributed by atoms with Crippen LogP contribution in [0.5, 0.6) is 11.5 Å². The summed E-state index contributed by atoms with van der Waals surface area (Å²) in [4.78, 5) is 0. The standard InChI is InChI=1S/C18H23NO2/c1-3-11-19-13-16-8-4-5-10-18(16)21-17-9-6-7-15(12-17)14-20-2/h4-10,12,19H,3,11,13-14H2,1-2H3. The molecule has 0 aliphatic carbocycles. The van der Waals surface area contributed by atoms with Crippen molar-refractivity contribution in [3.8, 4) is 11.5 Å². The first-order valence-electron chi connectivity index (χ1n) is 7.38. The van der Waals surface area contributed by atoms with Crippen molar-refractivity contribution in [1.29, 1.82) is 0 Å². The summed E-state index contributed by atoms with van der Waals surface area (Å²) in [5, 5.41) is 3.41. The van der Waals surface area contributed by atoms with Crippen molar-refractivity contribution in [2.45, 2.75) is 26.5 Å². The molecule has 1 N–H and O–H groups in total. The summed E-state index contributed by atoms with van der Waals surface area (Å²) in [5.41, 5.74) is 2.28. The maximum atomic E-state index is 6.03. The summed E-state index contributed by atoms with van der Waals surface area (Å²) in [6.07, 6.45) is 1.13. The maximum absolute atomic E-state index is 6.03. The smallest absolute Gasteiger partial charge is 0.131 e. The predicted octanol–water partition coefficient (Wildman–Crippen LogP) is 4.12. The molecule has 2 aromatic rings. The second kappa shape index (κ2) is 8.45. The van der Waals surface area contributed by atoms with Gasteiger partial charge in [0.15, 0.2) is 0 Å². The van der Waals surface area contributed by atoms with Crippen molar-refractivity contribution in [2.24, 2.45) is 0 Å². The lowest BCUT2D eigenvalue weighted by molar-refractivity contribution is 0.184. The zero-order valence-electron chi connectivity index (χ0n) is 12.8. The molecule has 0 aliphatic heterocycles. The molecule has 0 amide bonds. The van der Waals surface area contributed by atoms with Gasteiger partial charge in [-0.1, -0.05) is 37.3 Å².